The van der Waals surface area contributed by atoms with Crippen LogP contribution in [-0.2, 0) is 0 Å². The highest BCUT2D eigenvalue weighted by Crippen LogP contribution is 2.17. The van der Waals surface area contributed by atoms with Crippen LogP contribution in [0.15, 0.2) is 18.2 Å². The lowest BCUT2D eigenvalue weighted by molar-refractivity contribution is 0.0930. The second kappa shape index (κ2) is 5.55. The molecule has 1 N–H and O–H groups in total. The van der Waals surface area contributed by atoms with Crippen molar-refractivity contribution < 1.29 is 4.79 Å². The van der Waals surface area contributed by atoms with Crippen LogP contribution in [0.4, 0.5) is 0 Å². The Kier molecular flexibility index (Phi) is 4.07. The van der Waals surface area contributed by atoms with Crippen LogP contribution in [-0.4, -0.2) is 28.4 Å². The number of rotatable bonds is 2. The van der Waals surface area contributed by atoms with Crippen molar-refractivity contribution in [2.45, 2.75) is 18.9 Å². The Morgan fingerprint density at radius 2 is 2.19 bits per heavy atom. The van der Waals surface area contributed by atoms with E-state index in [1.54, 1.807) is 18.2 Å². The van der Waals surface area contributed by atoms with Gasteiger partial charge in [0.25, 0.3) is 5.91 Å². The van der Waals surface area contributed by atoms with Gasteiger partial charge >= 0.3 is 0 Å². The summed E-state index contributed by atoms with van der Waals surface area (Å²) in [5.41, 5.74) is 0.394. The number of halogens is 1. The number of aromatic nitrogens is 1. The number of thioether (sulfide) groups is 1. The van der Waals surface area contributed by atoms with Crippen LogP contribution < -0.4 is 5.32 Å². The number of carbonyl (C=O) groups is 1. The molecule has 16 heavy (non-hydrogen) atoms. The molecule has 1 aliphatic rings. The lowest BCUT2D eigenvalue weighted by Crippen LogP contribution is -2.37. The van der Waals surface area contributed by atoms with Gasteiger partial charge in [-0.3, -0.25) is 4.79 Å². The molecular formula is C11H13ClN2OS. The van der Waals surface area contributed by atoms with Gasteiger partial charge in [-0.05, 0) is 36.5 Å². The molecule has 1 aromatic heterocycles. The number of nitrogens with zero attached hydrogens (tertiary/aromatic N) is 1. The number of pyridine rings is 1. The quantitative estimate of drug-likeness (QED) is 0.826. The molecule has 1 amide bonds. The predicted octanol–water partition coefficient (Wildman–Crippen LogP) is 2.36. The Morgan fingerprint density at radius 1 is 1.44 bits per heavy atom. The minimum absolute atomic E-state index is 0.126. The van der Waals surface area contributed by atoms with Gasteiger partial charge in [0.05, 0.1) is 0 Å². The zero-order valence-electron chi connectivity index (χ0n) is 8.78. The molecule has 0 atom stereocenters. The average molecular weight is 257 g/mol. The van der Waals surface area contributed by atoms with Crippen molar-refractivity contribution in [2.24, 2.45) is 0 Å². The molecule has 3 nitrogen and oxygen atoms in total. The van der Waals surface area contributed by atoms with E-state index in [1.165, 1.54) is 0 Å². The van der Waals surface area contributed by atoms with Crippen molar-refractivity contribution in [2.75, 3.05) is 11.5 Å². The standard InChI is InChI=1S/C11H13ClN2OS/c12-10-3-1-2-9(14-10)11(15)13-8-4-6-16-7-5-8/h1-3,8H,4-7H2,(H,13,15). The molecule has 0 aromatic carbocycles. The van der Waals surface area contributed by atoms with Gasteiger partial charge in [-0.25, -0.2) is 4.98 Å². The number of hydrogen-bond donors (Lipinski definition) is 1. The van der Waals surface area contributed by atoms with Crippen molar-refractivity contribution in [3.63, 3.8) is 0 Å². The van der Waals surface area contributed by atoms with Gasteiger partial charge in [-0.15, -0.1) is 0 Å². The zero-order chi connectivity index (χ0) is 11.4. The summed E-state index contributed by atoms with van der Waals surface area (Å²) in [6.45, 7) is 0. The van der Waals surface area contributed by atoms with Crippen LogP contribution in [0.1, 0.15) is 23.3 Å². The molecule has 86 valence electrons. The summed E-state index contributed by atoms with van der Waals surface area (Å²) in [4.78, 5) is 15.8. The highest BCUT2D eigenvalue weighted by atomic mass is 35.5. The zero-order valence-corrected chi connectivity index (χ0v) is 10.4. The van der Waals surface area contributed by atoms with Crippen molar-refractivity contribution >= 4 is 29.3 Å². The van der Waals surface area contributed by atoms with Gasteiger partial charge in [-0.2, -0.15) is 11.8 Å². The first-order valence-corrected chi connectivity index (χ1v) is 6.80. The molecule has 1 aliphatic heterocycles. The molecule has 0 aliphatic carbocycles. The summed E-state index contributed by atoms with van der Waals surface area (Å²) in [6.07, 6.45) is 2.08. The number of amides is 1. The fraction of sp³-hybridized carbons (Fsp3) is 0.455. The van der Waals surface area contributed by atoms with Crippen molar-refractivity contribution in [3.05, 3.63) is 29.0 Å². The maximum Gasteiger partial charge on any atom is 0.270 e. The van der Waals surface area contributed by atoms with Crippen LogP contribution >= 0.6 is 23.4 Å². The van der Waals surface area contributed by atoms with Crippen molar-refractivity contribution in [1.29, 1.82) is 0 Å². The monoisotopic (exact) mass is 256 g/mol. The van der Waals surface area contributed by atoms with Crippen molar-refractivity contribution in [1.82, 2.24) is 10.3 Å². The second-order valence-electron chi connectivity index (χ2n) is 3.71. The van der Waals surface area contributed by atoms with E-state index in [-0.39, 0.29) is 11.9 Å². The Balaban J connectivity index is 1.97. The summed E-state index contributed by atoms with van der Waals surface area (Å²) >= 11 is 7.67. The fourth-order valence-electron chi connectivity index (χ4n) is 1.64. The molecule has 0 spiro atoms. The van der Waals surface area contributed by atoms with Gasteiger partial charge in [0.15, 0.2) is 0 Å². The summed E-state index contributed by atoms with van der Waals surface area (Å²) in [5.74, 6) is 2.11. The Bertz CT molecular complexity index is 380. The maximum absolute atomic E-state index is 11.8. The first kappa shape index (κ1) is 11.7. The normalized spacial score (nSPS) is 17.1. The van der Waals surface area contributed by atoms with Crippen LogP contribution in [0, 0.1) is 0 Å². The smallest absolute Gasteiger partial charge is 0.270 e. The third-order valence-electron chi connectivity index (χ3n) is 2.50. The largest absolute Gasteiger partial charge is 0.348 e. The van der Waals surface area contributed by atoms with E-state index < -0.39 is 0 Å². The molecule has 1 aromatic rings. The molecule has 0 saturated carbocycles. The Morgan fingerprint density at radius 3 is 2.88 bits per heavy atom. The van der Waals surface area contributed by atoms with E-state index in [0.29, 0.717) is 10.8 Å². The second-order valence-corrected chi connectivity index (χ2v) is 5.32. The molecule has 2 heterocycles. The summed E-state index contributed by atoms with van der Waals surface area (Å²) in [7, 11) is 0. The Labute approximate surface area is 104 Å². The molecule has 1 fully saturated rings. The Hall–Kier alpha value is -0.740. The van der Waals surface area contributed by atoms with Gasteiger partial charge in [0, 0.05) is 6.04 Å². The number of nitrogens with one attached hydrogen (secondary N) is 1. The lowest BCUT2D eigenvalue weighted by atomic mass is 10.1. The summed E-state index contributed by atoms with van der Waals surface area (Å²) in [6, 6.07) is 5.37. The highest BCUT2D eigenvalue weighted by Gasteiger charge is 2.17. The van der Waals surface area contributed by atoms with E-state index in [2.05, 4.69) is 10.3 Å². The highest BCUT2D eigenvalue weighted by molar-refractivity contribution is 7.99. The molecule has 0 unspecified atom stereocenters. The van der Waals surface area contributed by atoms with E-state index in [0.717, 1.165) is 24.3 Å². The van der Waals surface area contributed by atoms with Crippen LogP contribution in [0.3, 0.4) is 0 Å². The van der Waals surface area contributed by atoms with Crippen LogP contribution in [0.25, 0.3) is 0 Å². The summed E-state index contributed by atoms with van der Waals surface area (Å²) in [5, 5.41) is 3.34. The number of carbonyl (C=O) groups excluding carboxylic acids is 1. The molecule has 1 saturated heterocycles. The third kappa shape index (κ3) is 3.12. The van der Waals surface area contributed by atoms with E-state index in [9.17, 15) is 4.79 Å². The molecular weight excluding hydrogens is 244 g/mol. The van der Waals surface area contributed by atoms with Gasteiger partial charge in [-0.1, -0.05) is 17.7 Å². The van der Waals surface area contributed by atoms with E-state index >= 15 is 0 Å². The summed E-state index contributed by atoms with van der Waals surface area (Å²) < 4.78 is 0. The van der Waals surface area contributed by atoms with E-state index in [1.807, 2.05) is 11.8 Å². The van der Waals surface area contributed by atoms with Gasteiger partial charge in [0.2, 0.25) is 0 Å². The lowest BCUT2D eigenvalue weighted by Gasteiger charge is -2.22. The van der Waals surface area contributed by atoms with Gasteiger partial charge in [0.1, 0.15) is 10.8 Å². The minimum atomic E-state index is -0.126. The first-order chi connectivity index (χ1) is 7.75. The van der Waals surface area contributed by atoms with Gasteiger partial charge < -0.3 is 5.32 Å². The fourth-order valence-corrected chi connectivity index (χ4v) is 2.91. The molecule has 5 heteroatoms. The molecule has 0 bridgehead atoms. The topological polar surface area (TPSA) is 42.0 Å². The van der Waals surface area contributed by atoms with E-state index in [4.69, 9.17) is 11.6 Å². The molecule has 0 radical (unpaired) electrons. The van der Waals surface area contributed by atoms with Crippen molar-refractivity contribution in [3.8, 4) is 0 Å². The minimum Gasteiger partial charge on any atom is -0.348 e. The third-order valence-corrected chi connectivity index (χ3v) is 3.76. The van der Waals surface area contributed by atoms with Crippen LogP contribution in [0.2, 0.25) is 5.15 Å². The molecule has 2 rings (SSSR count). The number of hydrogen-bond acceptors (Lipinski definition) is 3. The maximum atomic E-state index is 11.8. The predicted molar refractivity (Wildman–Crippen MR) is 67.1 cm³/mol. The first-order valence-electron chi connectivity index (χ1n) is 5.27. The average Bonchev–Trinajstić information content (AvgIpc) is 2.30. The SMILES string of the molecule is O=C(NC1CCSCC1)c1cccc(Cl)n1. The van der Waals surface area contributed by atoms with Crippen LogP contribution in [0.5, 0.6) is 0 Å².